The van der Waals surface area contributed by atoms with Gasteiger partial charge < -0.3 is 5.32 Å². The standard InChI is InChI=1S/C21H26N2O/c1-17-7-5-6-8-18(17)11-13-22-21(24)16-23-14-12-20(15-23)19-9-3-2-4-10-19/h2-10,20H,11-16H2,1H3,(H,22,24)/t20-/m1/s1. The molecule has 1 N–H and O–H groups in total. The van der Waals surface area contributed by atoms with Crippen molar-refractivity contribution in [2.45, 2.75) is 25.7 Å². The highest BCUT2D eigenvalue weighted by atomic mass is 16.2. The van der Waals surface area contributed by atoms with Crippen molar-refractivity contribution in [3.8, 4) is 0 Å². The summed E-state index contributed by atoms with van der Waals surface area (Å²) >= 11 is 0. The molecular formula is C21H26N2O. The molecule has 0 radical (unpaired) electrons. The number of carbonyl (C=O) groups excluding carboxylic acids is 1. The van der Waals surface area contributed by atoms with Crippen molar-refractivity contribution < 1.29 is 4.79 Å². The van der Waals surface area contributed by atoms with Gasteiger partial charge in [-0.2, -0.15) is 0 Å². The molecule has 0 bridgehead atoms. The van der Waals surface area contributed by atoms with Crippen molar-refractivity contribution in [1.82, 2.24) is 10.2 Å². The van der Waals surface area contributed by atoms with Crippen molar-refractivity contribution in [2.75, 3.05) is 26.2 Å². The number of nitrogens with zero attached hydrogens (tertiary/aromatic N) is 1. The average Bonchev–Trinajstić information content (AvgIpc) is 3.06. The van der Waals surface area contributed by atoms with E-state index in [9.17, 15) is 4.79 Å². The first-order valence-corrected chi connectivity index (χ1v) is 8.81. The van der Waals surface area contributed by atoms with Gasteiger partial charge in [-0.3, -0.25) is 9.69 Å². The van der Waals surface area contributed by atoms with Gasteiger partial charge in [-0.25, -0.2) is 0 Å². The van der Waals surface area contributed by atoms with E-state index in [0.717, 1.165) is 25.9 Å². The SMILES string of the molecule is Cc1ccccc1CCNC(=O)CN1CC[C@@H](c2ccccc2)C1. The van der Waals surface area contributed by atoms with Crippen LogP contribution in [0, 0.1) is 6.92 Å². The molecular weight excluding hydrogens is 296 g/mol. The van der Waals surface area contributed by atoms with E-state index >= 15 is 0 Å². The molecule has 1 atom stereocenters. The number of hydrogen-bond acceptors (Lipinski definition) is 2. The van der Waals surface area contributed by atoms with E-state index in [4.69, 9.17) is 0 Å². The van der Waals surface area contributed by atoms with Gasteiger partial charge in [0.2, 0.25) is 5.91 Å². The highest BCUT2D eigenvalue weighted by Crippen LogP contribution is 2.26. The minimum absolute atomic E-state index is 0.136. The summed E-state index contributed by atoms with van der Waals surface area (Å²) in [5.41, 5.74) is 3.99. The van der Waals surface area contributed by atoms with E-state index in [2.05, 4.69) is 65.7 Å². The molecule has 1 aliphatic heterocycles. The normalized spacial score (nSPS) is 17.8. The van der Waals surface area contributed by atoms with Crippen LogP contribution in [0.25, 0.3) is 0 Å². The van der Waals surface area contributed by atoms with E-state index in [1.807, 2.05) is 6.07 Å². The zero-order valence-corrected chi connectivity index (χ0v) is 14.4. The lowest BCUT2D eigenvalue weighted by atomic mass is 9.99. The van der Waals surface area contributed by atoms with Crippen LogP contribution in [0.1, 0.15) is 29.0 Å². The second kappa shape index (κ2) is 8.11. The van der Waals surface area contributed by atoms with Gasteiger partial charge in [0.15, 0.2) is 0 Å². The van der Waals surface area contributed by atoms with E-state index < -0.39 is 0 Å². The Kier molecular flexibility index (Phi) is 5.65. The number of rotatable bonds is 6. The fourth-order valence-electron chi connectivity index (χ4n) is 3.46. The van der Waals surface area contributed by atoms with E-state index in [0.29, 0.717) is 19.0 Å². The largest absolute Gasteiger partial charge is 0.355 e. The van der Waals surface area contributed by atoms with Crippen molar-refractivity contribution in [1.29, 1.82) is 0 Å². The summed E-state index contributed by atoms with van der Waals surface area (Å²) in [6, 6.07) is 19.0. The molecule has 2 aromatic rings. The molecule has 0 spiro atoms. The molecule has 1 amide bonds. The molecule has 0 saturated carbocycles. The Bertz CT molecular complexity index is 669. The van der Waals surface area contributed by atoms with Crippen LogP contribution in [0.15, 0.2) is 54.6 Å². The molecule has 0 aromatic heterocycles. The van der Waals surface area contributed by atoms with Gasteiger partial charge in [-0.15, -0.1) is 0 Å². The molecule has 126 valence electrons. The molecule has 1 fully saturated rings. The maximum atomic E-state index is 12.2. The molecule has 1 heterocycles. The van der Waals surface area contributed by atoms with Gasteiger partial charge in [0, 0.05) is 13.1 Å². The second-order valence-electron chi connectivity index (χ2n) is 6.66. The summed E-state index contributed by atoms with van der Waals surface area (Å²) in [4.78, 5) is 14.4. The Hall–Kier alpha value is -2.13. The third-order valence-corrected chi connectivity index (χ3v) is 4.89. The lowest BCUT2D eigenvalue weighted by Crippen LogP contribution is -2.36. The summed E-state index contributed by atoms with van der Waals surface area (Å²) in [5, 5.41) is 3.06. The average molecular weight is 322 g/mol. The Labute approximate surface area is 144 Å². The van der Waals surface area contributed by atoms with E-state index in [1.54, 1.807) is 0 Å². The van der Waals surface area contributed by atoms with Crippen LogP contribution < -0.4 is 5.32 Å². The number of nitrogens with one attached hydrogen (secondary N) is 1. The van der Waals surface area contributed by atoms with Gasteiger partial charge in [-0.1, -0.05) is 54.6 Å². The molecule has 24 heavy (non-hydrogen) atoms. The van der Waals surface area contributed by atoms with Gasteiger partial charge >= 0.3 is 0 Å². The van der Waals surface area contributed by atoms with Crippen molar-refractivity contribution in [3.05, 3.63) is 71.3 Å². The van der Waals surface area contributed by atoms with Crippen LogP contribution in [-0.4, -0.2) is 37.0 Å². The van der Waals surface area contributed by atoms with Gasteiger partial charge in [0.1, 0.15) is 0 Å². The third-order valence-electron chi connectivity index (χ3n) is 4.89. The minimum atomic E-state index is 0.136. The van der Waals surface area contributed by atoms with Crippen LogP contribution in [0.3, 0.4) is 0 Å². The van der Waals surface area contributed by atoms with Crippen molar-refractivity contribution in [2.24, 2.45) is 0 Å². The molecule has 3 rings (SSSR count). The maximum absolute atomic E-state index is 12.2. The molecule has 1 saturated heterocycles. The number of amides is 1. The maximum Gasteiger partial charge on any atom is 0.234 e. The summed E-state index contributed by atoms with van der Waals surface area (Å²) in [6.45, 7) is 5.32. The highest BCUT2D eigenvalue weighted by molar-refractivity contribution is 5.78. The fourth-order valence-corrected chi connectivity index (χ4v) is 3.46. The summed E-state index contributed by atoms with van der Waals surface area (Å²) in [6.07, 6.45) is 2.03. The number of carbonyl (C=O) groups is 1. The molecule has 0 unspecified atom stereocenters. The predicted molar refractivity (Wildman–Crippen MR) is 98.1 cm³/mol. The quantitative estimate of drug-likeness (QED) is 0.886. The van der Waals surface area contributed by atoms with Gasteiger partial charge in [0.05, 0.1) is 6.54 Å². The van der Waals surface area contributed by atoms with E-state index in [-0.39, 0.29) is 5.91 Å². The lowest BCUT2D eigenvalue weighted by molar-refractivity contribution is -0.121. The monoisotopic (exact) mass is 322 g/mol. The Morgan fingerprint density at radius 3 is 2.67 bits per heavy atom. The Morgan fingerprint density at radius 2 is 1.88 bits per heavy atom. The smallest absolute Gasteiger partial charge is 0.234 e. The van der Waals surface area contributed by atoms with Crippen LogP contribution in [0.2, 0.25) is 0 Å². The van der Waals surface area contributed by atoms with Crippen LogP contribution in [0.4, 0.5) is 0 Å². The number of aryl methyl sites for hydroxylation is 1. The van der Waals surface area contributed by atoms with Gasteiger partial charge in [-0.05, 0) is 48.9 Å². The first kappa shape index (κ1) is 16.7. The van der Waals surface area contributed by atoms with Crippen molar-refractivity contribution in [3.63, 3.8) is 0 Å². The Morgan fingerprint density at radius 1 is 1.12 bits per heavy atom. The molecule has 2 aromatic carbocycles. The Balaban J connectivity index is 1.41. The minimum Gasteiger partial charge on any atom is -0.355 e. The molecule has 1 aliphatic rings. The number of benzene rings is 2. The third kappa shape index (κ3) is 4.45. The fraction of sp³-hybridized carbons (Fsp3) is 0.381. The van der Waals surface area contributed by atoms with Crippen LogP contribution in [0.5, 0.6) is 0 Å². The molecule has 3 nitrogen and oxygen atoms in total. The second-order valence-corrected chi connectivity index (χ2v) is 6.66. The number of hydrogen-bond donors (Lipinski definition) is 1. The van der Waals surface area contributed by atoms with Crippen molar-refractivity contribution >= 4 is 5.91 Å². The lowest BCUT2D eigenvalue weighted by Gasteiger charge is -2.16. The van der Waals surface area contributed by atoms with Crippen LogP contribution >= 0.6 is 0 Å². The van der Waals surface area contributed by atoms with Crippen LogP contribution in [-0.2, 0) is 11.2 Å². The van der Waals surface area contributed by atoms with Gasteiger partial charge in [0.25, 0.3) is 0 Å². The molecule has 3 heteroatoms. The first-order valence-electron chi connectivity index (χ1n) is 8.81. The topological polar surface area (TPSA) is 32.3 Å². The zero-order valence-electron chi connectivity index (χ0n) is 14.4. The summed E-state index contributed by atoms with van der Waals surface area (Å²) < 4.78 is 0. The first-order chi connectivity index (χ1) is 11.7. The zero-order chi connectivity index (χ0) is 16.8. The highest BCUT2D eigenvalue weighted by Gasteiger charge is 2.24. The predicted octanol–water partition coefficient (Wildman–Crippen LogP) is 3.14. The van der Waals surface area contributed by atoms with E-state index in [1.165, 1.54) is 16.7 Å². The molecule has 0 aliphatic carbocycles. The summed E-state index contributed by atoms with van der Waals surface area (Å²) in [7, 11) is 0. The number of likely N-dealkylation sites (tertiary alicyclic amines) is 1. The summed E-state index contributed by atoms with van der Waals surface area (Å²) in [5.74, 6) is 0.697.